The summed E-state index contributed by atoms with van der Waals surface area (Å²) in [6.07, 6.45) is 3.77. The van der Waals surface area contributed by atoms with E-state index in [4.69, 9.17) is 4.42 Å². The van der Waals surface area contributed by atoms with Crippen molar-refractivity contribution in [3.05, 3.63) is 100.0 Å². The summed E-state index contributed by atoms with van der Waals surface area (Å²) >= 11 is 0.893. The van der Waals surface area contributed by atoms with Crippen LogP contribution in [0.1, 0.15) is 33.0 Å². The number of hydrogen-bond donors (Lipinski definition) is 0. The number of carbonyl (C=O) groups is 3. The van der Waals surface area contributed by atoms with Crippen molar-refractivity contribution in [3.63, 3.8) is 0 Å². The van der Waals surface area contributed by atoms with Gasteiger partial charge in [-0.25, -0.2) is 4.79 Å². The summed E-state index contributed by atoms with van der Waals surface area (Å²) < 4.78 is 12.2. The molecule has 0 spiro atoms. The van der Waals surface area contributed by atoms with E-state index in [-0.39, 0.29) is 17.5 Å². The highest BCUT2D eigenvalue weighted by atomic mass is 32.2. The van der Waals surface area contributed by atoms with Gasteiger partial charge in [0.1, 0.15) is 5.76 Å². The van der Waals surface area contributed by atoms with Gasteiger partial charge in [0.05, 0.1) is 18.6 Å². The van der Waals surface area contributed by atoms with E-state index < -0.39 is 11.9 Å². The Balaban J connectivity index is 1.41. The second-order valence-corrected chi connectivity index (χ2v) is 9.23. The average Bonchev–Trinajstić information content (AvgIpc) is 3.54. The maximum atomic E-state index is 13.1. The number of esters is 1. The van der Waals surface area contributed by atoms with Crippen LogP contribution in [0.2, 0.25) is 0 Å². The van der Waals surface area contributed by atoms with Gasteiger partial charge in [0.25, 0.3) is 11.1 Å². The second-order valence-electron chi connectivity index (χ2n) is 8.24. The highest BCUT2D eigenvalue weighted by molar-refractivity contribution is 8.18. The fraction of sp³-hybridized carbons (Fsp3) is 0.148. The third-order valence-electron chi connectivity index (χ3n) is 5.82. The summed E-state index contributed by atoms with van der Waals surface area (Å²) in [5.74, 6) is -0.672. The molecular weight excluding hydrogens is 464 g/mol. The van der Waals surface area contributed by atoms with E-state index in [1.165, 1.54) is 24.3 Å². The quantitative estimate of drug-likeness (QED) is 0.260. The van der Waals surface area contributed by atoms with Gasteiger partial charge in [-0.05, 0) is 48.5 Å². The molecule has 2 amide bonds. The molecule has 0 unspecified atom stereocenters. The summed E-state index contributed by atoms with van der Waals surface area (Å²) in [5, 5.41) is 0.612. The summed E-state index contributed by atoms with van der Waals surface area (Å²) in [5.41, 5.74) is 4.29. The molecular formula is C27H22N2O5S. The lowest BCUT2D eigenvalue weighted by Gasteiger charge is -2.09. The predicted molar refractivity (Wildman–Crippen MR) is 134 cm³/mol. The lowest BCUT2D eigenvalue weighted by atomic mass is 10.1. The van der Waals surface area contributed by atoms with Crippen LogP contribution in [0.25, 0.3) is 17.0 Å². The molecule has 176 valence electrons. The molecule has 0 bridgehead atoms. The second kappa shape index (κ2) is 9.31. The molecule has 1 aliphatic rings. The fourth-order valence-corrected chi connectivity index (χ4v) is 4.85. The third kappa shape index (κ3) is 4.52. The standard InChI is InChI=1S/C27H22N2O5S/c1-17-7-9-18(10-8-17)14-28-15-19(21-5-3-4-6-22(21)28)13-24-25(30)29(27(32)35-24)16-20-11-12-23(34-20)26(31)33-2/h3-13,15H,14,16H2,1-2H3. The maximum Gasteiger partial charge on any atom is 0.373 e. The van der Waals surface area contributed by atoms with Crippen LogP contribution >= 0.6 is 11.8 Å². The number of ether oxygens (including phenoxy) is 1. The number of aryl methyl sites for hydroxylation is 1. The normalized spacial score (nSPS) is 14.9. The molecule has 1 aliphatic heterocycles. The van der Waals surface area contributed by atoms with Gasteiger partial charge in [-0.2, -0.15) is 0 Å². The van der Waals surface area contributed by atoms with Crippen LogP contribution in [-0.4, -0.2) is 33.7 Å². The molecule has 0 N–H and O–H groups in total. The molecule has 0 saturated carbocycles. The van der Waals surface area contributed by atoms with E-state index in [0.29, 0.717) is 17.2 Å². The topological polar surface area (TPSA) is 81.8 Å². The van der Waals surface area contributed by atoms with Gasteiger partial charge in [0.15, 0.2) is 0 Å². The summed E-state index contributed by atoms with van der Waals surface area (Å²) in [7, 11) is 1.25. The van der Waals surface area contributed by atoms with Crippen molar-refractivity contribution in [1.82, 2.24) is 9.47 Å². The number of benzene rings is 2. The molecule has 0 aliphatic carbocycles. The number of aromatic nitrogens is 1. The summed E-state index contributed by atoms with van der Waals surface area (Å²) in [6.45, 7) is 2.69. The molecule has 0 radical (unpaired) electrons. The summed E-state index contributed by atoms with van der Waals surface area (Å²) in [4.78, 5) is 38.7. The van der Waals surface area contributed by atoms with E-state index in [1.807, 2.05) is 30.5 Å². The zero-order chi connectivity index (χ0) is 24.5. The number of nitrogens with zero attached hydrogens (tertiary/aromatic N) is 2. The van der Waals surface area contributed by atoms with E-state index in [2.05, 4.69) is 40.5 Å². The van der Waals surface area contributed by atoms with Crippen LogP contribution in [0.15, 0.2) is 76.2 Å². The fourth-order valence-electron chi connectivity index (χ4n) is 4.02. The van der Waals surface area contributed by atoms with Gasteiger partial charge >= 0.3 is 5.97 Å². The van der Waals surface area contributed by atoms with Crippen molar-refractivity contribution < 1.29 is 23.5 Å². The molecule has 1 fully saturated rings. The van der Waals surface area contributed by atoms with Gasteiger partial charge in [0.2, 0.25) is 5.76 Å². The molecule has 8 heteroatoms. The minimum Gasteiger partial charge on any atom is -0.463 e. The van der Waals surface area contributed by atoms with Crippen molar-refractivity contribution in [1.29, 1.82) is 0 Å². The molecule has 35 heavy (non-hydrogen) atoms. The van der Waals surface area contributed by atoms with Crippen molar-refractivity contribution >= 4 is 45.9 Å². The lowest BCUT2D eigenvalue weighted by molar-refractivity contribution is -0.123. The van der Waals surface area contributed by atoms with Crippen LogP contribution in [0.5, 0.6) is 0 Å². The van der Waals surface area contributed by atoms with E-state index in [1.54, 1.807) is 12.1 Å². The molecule has 2 aromatic carbocycles. The van der Waals surface area contributed by atoms with E-state index in [9.17, 15) is 14.4 Å². The molecule has 5 rings (SSSR count). The predicted octanol–water partition coefficient (Wildman–Crippen LogP) is 5.61. The zero-order valence-electron chi connectivity index (χ0n) is 19.2. The first-order valence-electron chi connectivity index (χ1n) is 11.0. The largest absolute Gasteiger partial charge is 0.463 e. The van der Waals surface area contributed by atoms with E-state index in [0.717, 1.165) is 33.1 Å². The van der Waals surface area contributed by atoms with Crippen molar-refractivity contribution in [2.75, 3.05) is 7.11 Å². The maximum absolute atomic E-state index is 13.1. The Bertz CT molecular complexity index is 1480. The smallest absolute Gasteiger partial charge is 0.373 e. The van der Waals surface area contributed by atoms with Gasteiger partial charge < -0.3 is 13.7 Å². The Kier molecular flexibility index (Phi) is 6.05. The Morgan fingerprint density at radius 2 is 1.80 bits per heavy atom. The van der Waals surface area contributed by atoms with Gasteiger partial charge in [-0.1, -0.05) is 48.0 Å². The lowest BCUT2D eigenvalue weighted by Crippen LogP contribution is -2.27. The Morgan fingerprint density at radius 3 is 2.57 bits per heavy atom. The average molecular weight is 487 g/mol. The first kappa shape index (κ1) is 22.7. The first-order valence-corrected chi connectivity index (χ1v) is 11.8. The van der Waals surface area contributed by atoms with Gasteiger partial charge in [-0.15, -0.1) is 0 Å². The minimum absolute atomic E-state index is 0.0198. The Hall–Kier alpha value is -4.04. The van der Waals surface area contributed by atoms with Gasteiger partial charge in [0, 0.05) is 29.2 Å². The molecule has 2 aromatic heterocycles. The summed E-state index contributed by atoms with van der Waals surface area (Å²) in [6, 6.07) is 19.4. The van der Waals surface area contributed by atoms with Crippen LogP contribution in [0.3, 0.4) is 0 Å². The number of thioether (sulfide) groups is 1. The molecule has 1 saturated heterocycles. The van der Waals surface area contributed by atoms with Crippen LogP contribution in [-0.2, 0) is 22.6 Å². The van der Waals surface area contributed by atoms with Crippen LogP contribution in [0.4, 0.5) is 4.79 Å². The Morgan fingerprint density at radius 1 is 1.03 bits per heavy atom. The number of imide groups is 1. The zero-order valence-corrected chi connectivity index (χ0v) is 20.0. The SMILES string of the molecule is COC(=O)c1ccc(CN2C(=O)SC(=Cc3cn(Cc4ccc(C)cc4)c4ccccc34)C2=O)o1. The number of amides is 2. The molecule has 4 aromatic rings. The van der Waals surface area contributed by atoms with Crippen LogP contribution in [0, 0.1) is 6.92 Å². The molecule has 7 nitrogen and oxygen atoms in total. The van der Waals surface area contributed by atoms with Crippen molar-refractivity contribution in [2.45, 2.75) is 20.0 Å². The molecule has 0 atom stereocenters. The highest BCUT2D eigenvalue weighted by Gasteiger charge is 2.36. The number of carbonyl (C=O) groups excluding carboxylic acids is 3. The highest BCUT2D eigenvalue weighted by Crippen LogP contribution is 2.35. The number of rotatable bonds is 6. The van der Waals surface area contributed by atoms with Crippen molar-refractivity contribution in [3.8, 4) is 0 Å². The van der Waals surface area contributed by atoms with E-state index >= 15 is 0 Å². The Labute approximate surface area is 206 Å². The molecule has 3 heterocycles. The van der Waals surface area contributed by atoms with Gasteiger partial charge in [-0.3, -0.25) is 14.5 Å². The number of furan rings is 1. The number of para-hydroxylation sites is 1. The minimum atomic E-state index is -0.618. The van der Waals surface area contributed by atoms with Crippen molar-refractivity contribution in [2.24, 2.45) is 0 Å². The van der Waals surface area contributed by atoms with Crippen LogP contribution < -0.4 is 0 Å². The first-order chi connectivity index (χ1) is 16.9. The number of methoxy groups -OCH3 is 1. The monoisotopic (exact) mass is 486 g/mol. The number of fused-ring (bicyclic) bond motifs is 1. The number of hydrogen-bond acceptors (Lipinski definition) is 6. The third-order valence-corrected chi connectivity index (χ3v) is 6.72.